The molecular weight excluding hydrogens is 274 g/mol. The van der Waals surface area contributed by atoms with Crippen LogP contribution in [0.4, 0.5) is 0 Å². The van der Waals surface area contributed by atoms with Crippen LogP contribution in [0.2, 0.25) is 0 Å². The smallest absolute Gasteiger partial charge is 0.0870 e. The quantitative estimate of drug-likeness (QED) is 0.627. The molecule has 1 aliphatic rings. The lowest BCUT2D eigenvalue weighted by Gasteiger charge is -2.29. The number of carboxylic acid groups (broad SMARTS) is 2. The van der Waals surface area contributed by atoms with Crippen molar-refractivity contribution in [2.24, 2.45) is 0 Å². The number of likely N-dealkylation sites (tertiary alicyclic amines) is 1. The maximum Gasteiger partial charge on any atom is 0.0870 e. The summed E-state index contributed by atoms with van der Waals surface area (Å²) in [6, 6.07) is 4.79. The van der Waals surface area contributed by atoms with Crippen molar-refractivity contribution in [3.05, 3.63) is 30.1 Å². The van der Waals surface area contributed by atoms with E-state index in [2.05, 4.69) is 28.3 Å². The molecule has 0 saturated carbocycles. The fraction of sp³-hybridized carbons (Fsp3) is 0.500. The predicted octanol–water partition coefficient (Wildman–Crippen LogP) is -2.25. The first-order valence-electron chi connectivity index (χ1n) is 6.72. The Morgan fingerprint density at radius 1 is 1.33 bits per heavy atom. The van der Waals surface area contributed by atoms with Gasteiger partial charge in [0.1, 0.15) is 0 Å². The van der Waals surface area contributed by atoms with Crippen molar-refractivity contribution in [1.82, 2.24) is 15.2 Å². The summed E-state index contributed by atoms with van der Waals surface area (Å²) in [5.41, 5.74) is 1.27. The highest BCUT2D eigenvalue weighted by Crippen LogP contribution is 2.08. The molecule has 0 bridgehead atoms. The molecule has 0 aliphatic carbocycles. The van der Waals surface area contributed by atoms with E-state index in [1.807, 2.05) is 18.5 Å². The number of nitrogens with zero attached hydrogens (tertiary/aromatic N) is 2. The Morgan fingerprint density at radius 3 is 2.43 bits per heavy atom. The molecule has 0 radical (unpaired) electrons. The summed E-state index contributed by atoms with van der Waals surface area (Å²) in [7, 11) is 2.19. The Labute approximate surface area is 123 Å². The summed E-state index contributed by atoms with van der Waals surface area (Å²) in [5.74, 6) is -4.37. The van der Waals surface area contributed by atoms with Crippen LogP contribution in [0.1, 0.15) is 18.4 Å². The van der Waals surface area contributed by atoms with Gasteiger partial charge in [-0.15, -0.1) is 0 Å². The summed E-state index contributed by atoms with van der Waals surface area (Å²) in [6.45, 7) is 3.37. The zero-order valence-corrected chi connectivity index (χ0v) is 11.9. The normalized spacial score (nSPS) is 15.9. The van der Waals surface area contributed by atoms with E-state index < -0.39 is 11.9 Å². The SMILES string of the molecule is CN1CCC(NCc2cccnc2)CC1.O=C([O-])C(=O)[O-]. The van der Waals surface area contributed by atoms with Gasteiger partial charge in [-0.25, -0.2) is 0 Å². The van der Waals surface area contributed by atoms with Gasteiger partial charge in [0.2, 0.25) is 0 Å². The van der Waals surface area contributed by atoms with Gasteiger partial charge in [0.05, 0.1) is 11.9 Å². The number of hydrogen-bond acceptors (Lipinski definition) is 7. The first-order chi connectivity index (χ1) is 9.99. The van der Waals surface area contributed by atoms with Gasteiger partial charge in [-0.2, -0.15) is 0 Å². The largest absolute Gasteiger partial charge is 0.543 e. The monoisotopic (exact) mass is 293 g/mol. The number of hydrogen-bond donors (Lipinski definition) is 1. The molecule has 7 nitrogen and oxygen atoms in total. The third-order valence-corrected chi connectivity index (χ3v) is 3.20. The van der Waals surface area contributed by atoms with Crippen LogP contribution >= 0.6 is 0 Å². The Hall–Kier alpha value is -1.99. The lowest BCUT2D eigenvalue weighted by Crippen LogP contribution is -2.42. The van der Waals surface area contributed by atoms with Gasteiger partial charge in [-0.3, -0.25) is 4.98 Å². The predicted molar refractivity (Wildman–Crippen MR) is 71.6 cm³/mol. The van der Waals surface area contributed by atoms with Gasteiger partial charge in [-0.05, 0) is 44.6 Å². The third-order valence-electron chi connectivity index (χ3n) is 3.20. The molecule has 0 aromatic carbocycles. The van der Waals surface area contributed by atoms with Gasteiger partial charge in [0.25, 0.3) is 0 Å². The highest BCUT2D eigenvalue weighted by Gasteiger charge is 2.15. The number of piperidine rings is 1. The van der Waals surface area contributed by atoms with E-state index >= 15 is 0 Å². The fourth-order valence-electron chi connectivity index (χ4n) is 1.98. The molecule has 7 heteroatoms. The summed E-state index contributed by atoms with van der Waals surface area (Å²) in [6.07, 6.45) is 6.27. The second kappa shape index (κ2) is 9.04. The van der Waals surface area contributed by atoms with E-state index in [4.69, 9.17) is 19.8 Å². The molecule has 0 atom stereocenters. The second-order valence-electron chi connectivity index (χ2n) is 4.89. The van der Waals surface area contributed by atoms with Crippen LogP contribution in [0.15, 0.2) is 24.5 Å². The summed E-state index contributed by atoms with van der Waals surface area (Å²) >= 11 is 0. The van der Waals surface area contributed by atoms with Crippen molar-refractivity contribution in [3.63, 3.8) is 0 Å². The van der Waals surface area contributed by atoms with Crippen LogP contribution in [0.3, 0.4) is 0 Å². The number of rotatable bonds is 3. The molecule has 0 unspecified atom stereocenters. The van der Waals surface area contributed by atoms with Crippen molar-refractivity contribution < 1.29 is 19.8 Å². The maximum atomic E-state index is 8.93. The van der Waals surface area contributed by atoms with Crippen LogP contribution in [-0.4, -0.2) is 48.0 Å². The van der Waals surface area contributed by atoms with Crippen LogP contribution in [0, 0.1) is 0 Å². The minimum absolute atomic E-state index is 0.682. The highest BCUT2D eigenvalue weighted by molar-refractivity contribution is 6.25. The highest BCUT2D eigenvalue weighted by atomic mass is 16.4. The zero-order chi connectivity index (χ0) is 15.7. The van der Waals surface area contributed by atoms with E-state index in [-0.39, 0.29) is 0 Å². The Bertz CT molecular complexity index is 433. The molecule has 2 rings (SSSR count). The third kappa shape index (κ3) is 7.38. The molecule has 0 amide bonds. The molecule has 1 aromatic rings. The maximum absolute atomic E-state index is 8.93. The van der Waals surface area contributed by atoms with E-state index in [1.165, 1.54) is 31.5 Å². The molecule has 1 fully saturated rings. The standard InChI is InChI=1S/C12H19N3.C2H2O4/c1-15-7-4-12(5-8-15)14-10-11-3-2-6-13-9-11;3-1(4)2(5)6/h2-3,6,9,12,14H,4-5,7-8,10H2,1H3;(H,3,4)(H,5,6)/p-2. The first-order valence-corrected chi connectivity index (χ1v) is 6.72. The summed E-state index contributed by atoms with van der Waals surface area (Å²) in [4.78, 5) is 24.4. The Kier molecular flexibility index (Phi) is 7.34. The average Bonchev–Trinajstić information content (AvgIpc) is 2.48. The molecule has 1 aromatic heterocycles. The van der Waals surface area contributed by atoms with E-state index in [0.717, 1.165) is 6.54 Å². The Morgan fingerprint density at radius 2 is 1.95 bits per heavy atom. The molecule has 1 N–H and O–H groups in total. The molecule has 2 heterocycles. The molecule has 21 heavy (non-hydrogen) atoms. The fourth-order valence-corrected chi connectivity index (χ4v) is 1.98. The van der Waals surface area contributed by atoms with Gasteiger partial charge < -0.3 is 30.0 Å². The number of carbonyl (C=O) groups excluding carboxylic acids is 2. The molecule has 0 spiro atoms. The van der Waals surface area contributed by atoms with Gasteiger partial charge in [-0.1, -0.05) is 6.07 Å². The minimum Gasteiger partial charge on any atom is -0.543 e. The van der Waals surface area contributed by atoms with Crippen molar-refractivity contribution in [1.29, 1.82) is 0 Å². The first kappa shape index (κ1) is 17.1. The summed E-state index contributed by atoms with van der Waals surface area (Å²) < 4.78 is 0. The van der Waals surface area contributed by atoms with Crippen LogP contribution in [-0.2, 0) is 16.1 Å². The molecular formula is C14H19N3O4-2. The van der Waals surface area contributed by atoms with Crippen molar-refractivity contribution >= 4 is 11.9 Å². The number of aliphatic carboxylic acids is 2. The van der Waals surface area contributed by atoms with Crippen molar-refractivity contribution in [2.75, 3.05) is 20.1 Å². The molecule has 116 valence electrons. The Balaban J connectivity index is 0.000000315. The van der Waals surface area contributed by atoms with Crippen molar-refractivity contribution in [3.8, 4) is 0 Å². The second-order valence-corrected chi connectivity index (χ2v) is 4.89. The number of aromatic nitrogens is 1. The van der Waals surface area contributed by atoms with Crippen LogP contribution in [0.25, 0.3) is 0 Å². The van der Waals surface area contributed by atoms with E-state index in [0.29, 0.717) is 6.04 Å². The van der Waals surface area contributed by atoms with Crippen LogP contribution in [0.5, 0.6) is 0 Å². The van der Waals surface area contributed by atoms with Gasteiger partial charge in [0, 0.05) is 25.0 Å². The number of nitrogens with one attached hydrogen (secondary N) is 1. The van der Waals surface area contributed by atoms with E-state index in [1.54, 1.807) is 0 Å². The number of pyridine rings is 1. The summed E-state index contributed by atoms with van der Waals surface area (Å²) in [5, 5.41) is 21.4. The number of carbonyl (C=O) groups is 2. The minimum atomic E-state index is -2.19. The molecule has 1 saturated heterocycles. The van der Waals surface area contributed by atoms with Crippen molar-refractivity contribution in [2.45, 2.75) is 25.4 Å². The van der Waals surface area contributed by atoms with Crippen LogP contribution < -0.4 is 15.5 Å². The topological polar surface area (TPSA) is 108 Å². The van der Waals surface area contributed by atoms with E-state index in [9.17, 15) is 0 Å². The lowest BCUT2D eigenvalue weighted by molar-refractivity contribution is -0.345. The van der Waals surface area contributed by atoms with Gasteiger partial charge >= 0.3 is 0 Å². The zero-order valence-electron chi connectivity index (χ0n) is 11.9. The van der Waals surface area contributed by atoms with Gasteiger partial charge in [0.15, 0.2) is 0 Å². The number of carboxylic acids is 2. The lowest BCUT2D eigenvalue weighted by atomic mass is 10.1. The molecule has 1 aliphatic heterocycles. The average molecular weight is 293 g/mol.